The van der Waals surface area contributed by atoms with E-state index in [0.29, 0.717) is 49.5 Å². The number of hydrogen-bond donors (Lipinski definition) is 2. The lowest BCUT2D eigenvalue weighted by Crippen LogP contribution is -2.62. The van der Waals surface area contributed by atoms with E-state index in [0.717, 1.165) is 37.7 Å². The molecular weight excluding hydrogens is 480 g/mol. The maximum Gasteiger partial charge on any atom is 0.302 e. The molecule has 0 unspecified atom stereocenters. The molecule has 0 aliphatic heterocycles. The molecule has 4 rings (SSSR count). The second kappa shape index (κ2) is 11.1. The van der Waals surface area contributed by atoms with Crippen LogP contribution in [0.25, 0.3) is 0 Å². The van der Waals surface area contributed by atoms with Gasteiger partial charge < -0.3 is 19.7 Å². The van der Waals surface area contributed by atoms with Crippen LogP contribution in [0.1, 0.15) is 92.9 Å². The highest BCUT2D eigenvalue weighted by Gasteiger charge is 2.66. The Bertz CT molecular complexity index is 954. The van der Waals surface area contributed by atoms with Gasteiger partial charge in [0.25, 0.3) is 0 Å². The number of fused-ring (bicyclic) bond motifs is 5. The van der Waals surface area contributed by atoms with Crippen LogP contribution < -0.4 is 0 Å². The average Bonchev–Trinajstić information content (AvgIpc) is 3.20. The van der Waals surface area contributed by atoms with Crippen molar-refractivity contribution in [2.24, 2.45) is 46.3 Å². The highest BCUT2D eigenvalue weighted by molar-refractivity contribution is 5.66. The van der Waals surface area contributed by atoms with Crippen molar-refractivity contribution in [3.05, 3.63) is 23.8 Å². The van der Waals surface area contributed by atoms with Crippen LogP contribution in [0.15, 0.2) is 23.8 Å². The van der Waals surface area contributed by atoms with Crippen molar-refractivity contribution in [3.8, 4) is 0 Å². The van der Waals surface area contributed by atoms with Gasteiger partial charge in [-0.2, -0.15) is 0 Å². The first-order valence-electron chi connectivity index (χ1n) is 14.8. The van der Waals surface area contributed by atoms with Crippen LogP contribution in [-0.2, 0) is 19.1 Å². The fraction of sp³-hybridized carbons (Fsp3) is 0.812. The fourth-order valence-electron chi connectivity index (χ4n) is 9.20. The predicted molar refractivity (Wildman–Crippen MR) is 147 cm³/mol. The summed E-state index contributed by atoms with van der Waals surface area (Å²) in [6, 6.07) is 0. The topological polar surface area (TPSA) is 93.1 Å². The molecule has 0 radical (unpaired) electrons. The second-order valence-electron chi connectivity index (χ2n) is 13.5. The lowest BCUT2D eigenvalue weighted by Gasteiger charge is -2.61. The summed E-state index contributed by atoms with van der Waals surface area (Å²) >= 11 is 0. The van der Waals surface area contributed by atoms with Crippen molar-refractivity contribution in [1.29, 1.82) is 0 Å². The second-order valence-corrected chi connectivity index (χ2v) is 13.5. The van der Waals surface area contributed by atoms with Crippen LogP contribution in [0.3, 0.4) is 0 Å². The number of aliphatic hydroxyl groups excluding tert-OH is 2. The number of carbonyl (C=O) groups is 2. The van der Waals surface area contributed by atoms with Crippen LogP contribution in [0.2, 0.25) is 0 Å². The molecular formula is C32H50O6. The molecule has 4 aliphatic carbocycles. The lowest BCUT2D eigenvalue weighted by atomic mass is 9.45. The highest BCUT2D eigenvalue weighted by atomic mass is 16.5. The van der Waals surface area contributed by atoms with E-state index >= 15 is 0 Å². The molecule has 6 nitrogen and oxygen atoms in total. The van der Waals surface area contributed by atoms with E-state index in [2.05, 4.69) is 40.3 Å². The van der Waals surface area contributed by atoms with Gasteiger partial charge >= 0.3 is 11.9 Å². The van der Waals surface area contributed by atoms with Crippen molar-refractivity contribution < 1.29 is 29.3 Å². The van der Waals surface area contributed by atoms with Crippen molar-refractivity contribution >= 4 is 11.9 Å². The molecule has 0 heterocycles. The highest BCUT2D eigenvalue weighted by Crippen LogP contribution is 2.68. The van der Waals surface area contributed by atoms with Crippen LogP contribution in [0.5, 0.6) is 0 Å². The van der Waals surface area contributed by atoms with Crippen LogP contribution in [0, 0.1) is 46.3 Å². The Morgan fingerprint density at radius 3 is 2.50 bits per heavy atom. The van der Waals surface area contributed by atoms with Gasteiger partial charge in [-0.15, -0.1) is 0 Å². The molecule has 3 fully saturated rings. The summed E-state index contributed by atoms with van der Waals surface area (Å²) < 4.78 is 12.0. The maximum atomic E-state index is 12.5. The average molecular weight is 531 g/mol. The van der Waals surface area contributed by atoms with Gasteiger partial charge in [0.05, 0.1) is 18.8 Å². The third-order valence-electron chi connectivity index (χ3n) is 11.2. The molecule has 0 spiro atoms. The summed E-state index contributed by atoms with van der Waals surface area (Å²) in [7, 11) is 0. The molecule has 0 bridgehead atoms. The number of rotatable bonds is 8. The Balaban J connectivity index is 1.74. The van der Waals surface area contributed by atoms with Crippen molar-refractivity contribution in [3.63, 3.8) is 0 Å². The minimum absolute atomic E-state index is 0.0286. The van der Waals surface area contributed by atoms with E-state index in [1.165, 1.54) is 19.4 Å². The van der Waals surface area contributed by atoms with Gasteiger partial charge in [0, 0.05) is 37.0 Å². The molecule has 38 heavy (non-hydrogen) atoms. The summed E-state index contributed by atoms with van der Waals surface area (Å²) in [4.78, 5) is 24.6. The van der Waals surface area contributed by atoms with Gasteiger partial charge in [-0.25, -0.2) is 0 Å². The summed E-state index contributed by atoms with van der Waals surface area (Å²) in [5.41, 5.74) is 1.55. The number of carbonyl (C=O) groups excluding carboxylic acids is 2. The molecule has 0 aromatic rings. The van der Waals surface area contributed by atoms with Gasteiger partial charge in [-0.1, -0.05) is 51.5 Å². The molecule has 0 amide bonds. The van der Waals surface area contributed by atoms with Gasteiger partial charge in [-0.3, -0.25) is 9.59 Å². The minimum atomic E-state index is -0.692. The Hall–Kier alpha value is -1.66. The third-order valence-corrected chi connectivity index (χ3v) is 11.2. The number of allylic oxidation sites excluding steroid dienone is 2. The maximum absolute atomic E-state index is 12.5. The Kier molecular flexibility index (Phi) is 8.55. The first-order chi connectivity index (χ1) is 17.8. The molecule has 214 valence electrons. The first kappa shape index (κ1) is 29.3. The number of hydrogen-bond acceptors (Lipinski definition) is 6. The monoisotopic (exact) mass is 530 g/mol. The predicted octanol–water partition coefficient (Wildman–Crippen LogP) is 5.61. The van der Waals surface area contributed by atoms with Crippen molar-refractivity contribution in [2.45, 2.75) is 111 Å². The molecule has 0 aromatic heterocycles. The molecule has 0 saturated heterocycles. The van der Waals surface area contributed by atoms with Crippen molar-refractivity contribution in [1.82, 2.24) is 0 Å². The first-order valence-corrected chi connectivity index (χ1v) is 14.8. The number of ether oxygens (including phenoxy) is 2. The molecule has 0 aromatic carbocycles. The minimum Gasteiger partial charge on any atom is -0.465 e. The molecule has 4 aliphatic rings. The van der Waals surface area contributed by atoms with Crippen molar-refractivity contribution in [2.75, 3.05) is 6.61 Å². The largest absolute Gasteiger partial charge is 0.465 e. The van der Waals surface area contributed by atoms with E-state index in [4.69, 9.17) is 9.47 Å². The Labute approximate surface area is 229 Å². The van der Waals surface area contributed by atoms with Crippen LogP contribution >= 0.6 is 0 Å². The molecule has 3 saturated carbocycles. The summed E-state index contributed by atoms with van der Waals surface area (Å²) in [5.74, 6) is 1.14. The molecule has 6 heteroatoms. The van der Waals surface area contributed by atoms with Crippen LogP contribution in [-0.4, -0.2) is 47.1 Å². The van der Waals surface area contributed by atoms with Gasteiger partial charge in [0.15, 0.2) is 0 Å². The zero-order chi connectivity index (χ0) is 28.0. The third kappa shape index (κ3) is 5.12. The quantitative estimate of drug-likeness (QED) is 0.313. The summed E-state index contributed by atoms with van der Waals surface area (Å²) in [5, 5.41) is 21.8. The zero-order valence-electron chi connectivity index (χ0n) is 24.4. The van der Waals surface area contributed by atoms with Crippen LogP contribution in [0.4, 0.5) is 0 Å². The van der Waals surface area contributed by atoms with E-state index in [9.17, 15) is 19.8 Å². The SMILES string of the molecule is C=C(CC[C@@H](C)[C@H]1CC[C@H]2[C@@H]3CC=C4C[C@@H](O)C[C@H](O)[C@]4(C)[C@H]3[C@H](OC(C)=O)C[C@]12COC(C)=O)C(C)C. The standard InChI is InChI=1S/C32H50O6/c1-18(2)19(3)8-9-20(4)26-12-13-27-25-11-10-23-14-24(35)15-29(36)31(23,7)30(25)28(38-22(6)34)16-32(26,27)17-37-21(5)33/h10,18,20,24-30,35-36H,3,8-9,11-17H2,1-2,4-7H3/t20-,24-,25+,26-,27+,28-,29+,30-,31-,32+/m1/s1. The summed E-state index contributed by atoms with van der Waals surface area (Å²) in [6.07, 6.45) is 7.17. The molecule has 10 atom stereocenters. The smallest absolute Gasteiger partial charge is 0.302 e. The Morgan fingerprint density at radius 2 is 1.87 bits per heavy atom. The summed E-state index contributed by atoms with van der Waals surface area (Å²) in [6.45, 7) is 16.4. The number of esters is 2. The van der Waals surface area contributed by atoms with Gasteiger partial charge in [0.1, 0.15) is 6.10 Å². The zero-order valence-corrected chi connectivity index (χ0v) is 24.4. The Morgan fingerprint density at radius 1 is 1.16 bits per heavy atom. The van der Waals surface area contributed by atoms with E-state index in [1.54, 1.807) is 0 Å². The van der Waals surface area contributed by atoms with E-state index < -0.39 is 17.6 Å². The normalized spacial score (nSPS) is 40.9. The molecule has 2 N–H and O–H groups in total. The lowest BCUT2D eigenvalue weighted by molar-refractivity contribution is -0.198. The van der Waals surface area contributed by atoms with E-state index in [-0.39, 0.29) is 35.3 Å². The fourth-order valence-corrected chi connectivity index (χ4v) is 9.20. The van der Waals surface area contributed by atoms with Gasteiger partial charge in [0.2, 0.25) is 0 Å². The van der Waals surface area contributed by atoms with E-state index in [1.807, 2.05) is 0 Å². The van der Waals surface area contributed by atoms with Gasteiger partial charge in [-0.05, 0) is 74.5 Å². The number of aliphatic hydroxyl groups is 2.